The molecule has 0 fully saturated rings. The Hall–Kier alpha value is -3.23. The molecule has 0 radical (unpaired) electrons. The fourth-order valence-electron chi connectivity index (χ4n) is 2.33. The molecule has 0 atom stereocenters. The molecule has 2 rings (SSSR count). The summed E-state index contributed by atoms with van der Waals surface area (Å²) in [6.07, 6.45) is -4.50. The van der Waals surface area contributed by atoms with Gasteiger partial charge < -0.3 is 20.7 Å². The average molecular weight is 395 g/mol. The Bertz CT molecular complexity index is 825. The van der Waals surface area contributed by atoms with E-state index in [9.17, 15) is 22.8 Å². The second-order valence-electron chi connectivity index (χ2n) is 5.83. The fraction of sp³-hybridized carbons (Fsp3) is 0.263. The molecule has 2 amide bonds. The second-order valence-corrected chi connectivity index (χ2v) is 5.83. The van der Waals surface area contributed by atoms with Gasteiger partial charge in [-0.1, -0.05) is 24.3 Å². The number of carbonyl (C=O) groups is 2. The van der Waals surface area contributed by atoms with E-state index < -0.39 is 18.6 Å². The molecule has 0 saturated heterocycles. The van der Waals surface area contributed by atoms with Gasteiger partial charge in [0.2, 0.25) is 5.91 Å². The van der Waals surface area contributed by atoms with Gasteiger partial charge in [-0.3, -0.25) is 9.59 Å². The monoisotopic (exact) mass is 395 g/mol. The van der Waals surface area contributed by atoms with Crippen LogP contribution in [0.4, 0.5) is 18.9 Å². The molecule has 0 aliphatic heterocycles. The van der Waals surface area contributed by atoms with Crippen LogP contribution in [0.15, 0.2) is 48.5 Å². The Morgan fingerprint density at radius 2 is 1.79 bits per heavy atom. The van der Waals surface area contributed by atoms with E-state index in [-0.39, 0.29) is 30.2 Å². The maximum absolute atomic E-state index is 12.3. The van der Waals surface area contributed by atoms with Crippen molar-refractivity contribution in [3.63, 3.8) is 0 Å². The zero-order valence-corrected chi connectivity index (χ0v) is 15.1. The summed E-state index contributed by atoms with van der Waals surface area (Å²) in [7, 11) is 1.55. The maximum atomic E-state index is 12.3. The topological polar surface area (TPSA) is 79.5 Å². The number of anilines is 1. The number of carbonyl (C=O) groups excluding carboxylic acids is 2. The Morgan fingerprint density at radius 1 is 1.04 bits per heavy atom. The molecule has 0 spiro atoms. The van der Waals surface area contributed by atoms with E-state index in [0.717, 1.165) is 5.56 Å². The number of amides is 2. The van der Waals surface area contributed by atoms with Gasteiger partial charge in [0.25, 0.3) is 5.91 Å². The zero-order chi connectivity index (χ0) is 20.6. The van der Waals surface area contributed by atoms with Crippen LogP contribution in [0.2, 0.25) is 0 Å². The van der Waals surface area contributed by atoms with Crippen LogP contribution in [0.25, 0.3) is 0 Å². The second kappa shape index (κ2) is 9.63. The number of methoxy groups -OCH3 is 1. The van der Waals surface area contributed by atoms with Crippen molar-refractivity contribution >= 4 is 17.5 Å². The van der Waals surface area contributed by atoms with Crippen LogP contribution in [-0.4, -0.2) is 38.2 Å². The van der Waals surface area contributed by atoms with Gasteiger partial charge in [0, 0.05) is 12.2 Å². The smallest absolute Gasteiger partial charge is 0.405 e. The summed E-state index contributed by atoms with van der Waals surface area (Å²) >= 11 is 0. The third-order valence-corrected chi connectivity index (χ3v) is 3.68. The molecule has 9 heteroatoms. The molecule has 0 heterocycles. The van der Waals surface area contributed by atoms with Crippen LogP contribution in [0, 0.1) is 0 Å². The summed E-state index contributed by atoms with van der Waals surface area (Å²) in [5, 5.41) is 7.29. The van der Waals surface area contributed by atoms with Crippen LogP contribution >= 0.6 is 0 Å². The summed E-state index contributed by atoms with van der Waals surface area (Å²) in [4.78, 5) is 24.0. The number of hydrogen-bond acceptors (Lipinski definition) is 4. The lowest BCUT2D eigenvalue weighted by Crippen LogP contribution is -2.34. The van der Waals surface area contributed by atoms with Gasteiger partial charge in [0.1, 0.15) is 12.3 Å². The van der Waals surface area contributed by atoms with Crippen molar-refractivity contribution in [1.82, 2.24) is 10.6 Å². The quantitative estimate of drug-likeness (QED) is 0.642. The van der Waals surface area contributed by atoms with Gasteiger partial charge >= 0.3 is 6.18 Å². The highest BCUT2D eigenvalue weighted by Crippen LogP contribution is 2.17. The number of halogens is 3. The van der Waals surface area contributed by atoms with Crippen molar-refractivity contribution in [3.8, 4) is 5.75 Å². The number of hydrogen-bond donors (Lipinski definition) is 3. The predicted molar refractivity (Wildman–Crippen MR) is 98.2 cm³/mol. The Kier molecular flexibility index (Phi) is 7.25. The molecule has 0 saturated carbocycles. The molecule has 3 N–H and O–H groups in total. The van der Waals surface area contributed by atoms with Gasteiger partial charge in [0.05, 0.1) is 19.2 Å². The van der Waals surface area contributed by atoms with Crippen molar-refractivity contribution in [2.75, 3.05) is 25.5 Å². The first-order chi connectivity index (χ1) is 13.3. The van der Waals surface area contributed by atoms with Gasteiger partial charge in [-0.2, -0.15) is 13.2 Å². The normalized spacial score (nSPS) is 10.9. The Balaban J connectivity index is 1.89. The van der Waals surface area contributed by atoms with E-state index in [1.54, 1.807) is 31.4 Å². The SMILES string of the molecule is COc1cccc(CNC(=O)CNc2ccccc2C(=O)NCC(F)(F)F)c1. The maximum Gasteiger partial charge on any atom is 0.405 e. The number of ether oxygens (including phenoxy) is 1. The lowest BCUT2D eigenvalue weighted by Gasteiger charge is -2.13. The van der Waals surface area contributed by atoms with Crippen molar-refractivity contribution < 1.29 is 27.5 Å². The summed E-state index contributed by atoms with van der Waals surface area (Å²) in [6, 6.07) is 13.2. The van der Waals surface area contributed by atoms with Crippen LogP contribution < -0.4 is 20.7 Å². The Morgan fingerprint density at radius 3 is 2.50 bits per heavy atom. The lowest BCUT2D eigenvalue weighted by atomic mass is 10.1. The first kappa shape index (κ1) is 21.1. The van der Waals surface area contributed by atoms with E-state index in [1.807, 2.05) is 11.4 Å². The van der Waals surface area contributed by atoms with Crippen LogP contribution in [0.3, 0.4) is 0 Å². The minimum Gasteiger partial charge on any atom is -0.497 e. The number of rotatable bonds is 8. The first-order valence-electron chi connectivity index (χ1n) is 8.36. The predicted octanol–water partition coefficient (Wildman–Crippen LogP) is 2.72. The molecule has 0 aliphatic carbocycles. The van der Waals surface area contributed by atoms with Crippen LogP contribution in [-0.2, 0) is 11.3 Å². The van der Waals surface area contributed by atoms with E-state index in [0.29, 0.717) is 5.75 Å². The van der Waals surface area contributed by atoms with Gasteiger partial charge in [-0.15, -0.1) is 0 Å². The summed E-state index contributed by atoms with van der Waals surface area (Å²) in [5.41, 5.74) is 1.13. The number of para-hydroxylation sites is 1. The fourth-order valence-corrected chi connectivity index (χ4v) is 2.33. The molecule has 6 nitrogen and oxygen atoms in total. The van der Waals surface area contributed by atoms with Crippen LogP contribution in [0.5, 0.6) is 5.75 Å². The highest BCUT2D eigenvalue weighted by Gasteiger charge is 2.28. The van der Waals surface area contributed by atoms with Gasteiger partial charge in [-0.25, -0.2) is 0 Å². The van der Waals surface area contributed by atoms with Crippen molar-refractivity contribution in [2.24, 2.45) is 0 Å². The molecule has 150 valence electrons. The molecular weight excluding hydrogens is 375 g/mol. The molecule has 0 aliphatic rings. The van der Waals surface area contributed by atoms with Crippen molar-refractivity contribution in [2.45, 2.75) is 12.7 Å². The van der Waals surface area contributed by atoms with Crippen LogP contribution in [0.1, 0.15) is 15.9 Å². The molecule has 0 bridgehead atoms. The number of benzene rings is 2. The lowest BCUT2D eigenvalue weighted by molar-refractivity contribution is -0.123. The molecule has 0 unspecified atom stereocenters. The first-order valence-corrected chi connectivity index (χ1v) is 8.36. The third-order valence-electron chi connectivity index (χ3n) is 3.68. The molecule has 2 aromatic carbocycles. The molecule has 28 heavy (non-hydrogen) atoms. The van der Waals surface area contributed by atoms with E-state index in [1.165, 1.54) is 18.2 Å². The Labute approximate surface area is 160 Å². The van der Waals surface area contributed by atoms with E-state index in [2.05, 4.69) is 10.6 Å². The van der Waals surface area contributed by atoms with Crippen molar-refractivity contribution in [3.05, 3.63) is 59.7 Å². The highest BCUT2D eigenvalue weighted by molar-refractivity contribution is 6.00. The molecule has 2 aromatic rings. The summed E-state index contributed by atoms with van der Waals surface area (Å²) in [6.45, 7) is -1.29. The minimum atomic E-state index is -4.50. The molecule has 0 aromatic heterocycles. The van der Waals surface area contributed by atoms with E-state index in [4.69, 9.17) is 4.74 Å². The van der Waals surface area contributed by atoms with E-state index >= 15 is 0 Å². The van der Waals surface area contributed by atoms with Gasteiger partial charge in [0.15, 0.2) is 0 Å². The molecular formula is C19H20F3N3O3. The van der Waals surface area contributed by atoms with Gasteiger partial charge in [-0.05, 0) is 29.8 Å². The number of nitrogens with one attached hydrogen (secondary N) is 3. The van der Waals surface area contributed by atoms with Crippen molar-refractivity contribution in [1.29, 1.82) is 0 Å². The third kappa shape index (κ3) is 6.82. The summed E-state index contributed by atoms with van der Waals surface area (Å²) < 4.78 is 41.9. The highest BCUT2D eigenvalue weighted by atomic mass is 19.4. The minimum absolute atomic E-state index is 0.0207. The zero-order valence-electron chi connectivity index (χ0n) is 15.1. The average Bonchev–Trinajstić information content (AvgIpc) is 2.68. The largest absolute Gasteiger partial charge is 0.497 e. The summed E-state index contributed by atoms with van der Waals surface area (Å²) in [5.74, 6) is -0.547. The number of alkyl halides is 3. The standard InChI is InChI=1S/C19H20F3N3O3/c1-28-14-6-4-5-13(9-14)10-24-17(26)11-23-16-8-3-2-7-15(16)18(27)25-12-19(20,21)22/h2-9,23H,10-12H2,1H3,(H,24,26)(H,25,27).